The Labute approximate surface area is 150 Å². The first-order valence-corrected chi connectivity index (χ1v) is 8.36. The maximum Gasteiger partial charge on any atom is 0.256 e. The number of fused-ring (bicyclic) bond motifs is 1. The van der Waals surface area contributed by atoms with Crippen molar-refractivity contribution in [2.45, 2.75) is 0 Å². The van der Waals surface area contributed by atoms with Gasteiger partial charge >= 0.3 is 0 Å². The Bertz CT molecular complexity index is 831. The predicted molar refractivity (Wildman–Crippen MR) is 97.9 cm³/mol. The van der Waals surface area contributed by atoms with Gasteiger partial charge in [-0.3, -0.25) is 4.79 Å². The van der Waals surface area contributed by atoms with Gasteiger partial charge in [0, 0.05) is 31.7 Å². The molecule has 0 aliphatic carbocycles. The van der Waals surface area contributed by atoms with Crippen LogP contribution in [0.2, 0.25) is 0 Å². The number of nitrogens with one attached hydrogen (secondary N) is 1. The van der Waals surface area contributed by atoms with Gasteiger partial charge < -0.3 is 14.8 Å². The normalized spacial score (nSPS) is 14.6. The molecule has 0 bridgehead atoms. The molecule has 0 atom stereocenters. The molecule has 1 N–H and O–H groups in total. The molecule has 0 spiro atoms. The van der Waals surface area contributed by atoms with Gasteiger partial charge in [0.05, 0.1) is 19.9 Å². The number of rotatable bonds is 3. The van der Waals surface area contributed by atoms with E-state index in [1.54, 1.807) is 20.3 Å². The smallest absolute Gasteiger partial charge is 0.256 e. The standard InChI is InChI=1S/C17H13Br2NO3/c1-22-11-4-3-9(15(8-11)23-2)5-13-12-6-10(18)7-14(19)16(12)20-17(13)21/h3-8H,1-2H3,(H,20,21). The Hall–Kier alpha value is -1.79. The molecule has 2 aromatic carbocycles. The molecule has 118 valence electrons. The van der Waals surface area contributed by atoms with E-state index >= 15 is 0 Å². The van der Waals surface area contributed by atoms with E-state index in [4.69, 9.17) is 9.47 Å². The zero-order valence-corrected chi connectivity index (χ0v) is 15.6. The van der Waals surface area contributed by atoms with Gasteiger partial charge in [-0.2, -0.15) is 0 Å². The maximum absolute atomic E-state index is 12.3. The number of ether oxygens (including phenoxy) is 2. The van der Waals surface area contributed by atoms with Crippen molar-refractivity contribution in [2.24, 2.45) is 0 Å². The fourth-order valence-corrected chi connectivity index (χ4v) is 3.78. The van der Waals surface area contributed by atoms with Crippen LogP contribution in [0.3, 0.4) is 0 Å². The quantitative estimate of drug-likeness (QED) is 0.705. The Morgan fingerprint density at radius 2 is 1.87 bits per heavy atom. The molecule has 23 heavy (non-hydrogen) atoms. The summed E-state index contributed by atoms with van der Waals surface area (Å²) >= 11 is 6.93. The molecular formula is C17H13Br2NO3. The minimum Gasteiger partial charge on any atom is -0.497 e. The van der Waals surface area contributed by atoms with Crippen LogP contribution in [-0.2, 0) is 4.79 Å². The fraction of sp³-hybridized carbons (Fsp3) is 0.118. The van der Waals surface area contributed by atoms with E-state index in [2.05, 4.69) is 37.2 Å². The molecule has 6 heteroatoms. The van der Waals surface area contributed by atoms with E-state index in [0.29, 0.717) is 17.1 Å². The lowest BCUT2D eigenvalue weighted by molar-refractivity contribution is -0.110. The number of hydrogen-bond acceptors (Lipinski definition) is 3. The van der Waals surface area contributed by atoms with Gasteiger partial charge in [-0.05, 0) is 46.3 Å². The predicted octanol–water partition coefficient (Wildman–Crippen LogP) is 4.72. The van der Waals surface area contributed by atoms with Crippen LogP contribution >= 0.6 is 31.9 Å². The van der Waals surface area contributed by atoms with Crippen molar-refractivity contribution in [1.29, 1.82) is 0 Å². The Morgan fingerprint density at radius 1 is 1.09 bits per heavy atom. The van der Waals surface area contributed by atoms with Crippen LogP contribution in [0, 0.1) is 0 Å². The summed E-state index contributed by atoms with van der Waals surface area (Å²) in [5.74, 6) is 1.20. The number of anilines is 1. The average molecular weight is 439 g/mol. The van der Waals surface area contributed by atoms with E-state index in [9.17, 15) is 4.79 Å². The van der Waals surface area contributed by atoms with Gasteiger partial charge in [-0.1, -0.05) is 15.9 Å². The van der Waals surface area contributed by atoms with Crippen LogP contribution in [-0.4, -0.2) is 20.1 Å². The van der Waals surface area contributed by atoms with Crippen LogP contribution in [0.25, 0.3) is 11.6 Å². The molecule has 0 fully saturated rings. The lowest BCUT2D eigenvalue weighted by atomic mass is 10.0. The van der Waals surface area contributed by atoms with Crippen LogP contribution in [0.15, 0.2) is 39.3 Å². The number of amides is 1. The summed E-state index contributed by atoms with van der Waals surface area (Å²) in [6.07, 6.45) is 1.82. The summed E-state index contributed by atoms with van der Waals surface area (Å²) in [4.78, 5) is 12.3. The minimum atomic E-state index is -0.142. The number of hydrogen-bond donors (Lipinski definition) is 1. The zero-order valence-electron chi connectivity index (χ0n) is 12.4. The van der Waals surface area contributed by atoms with E-state index in [-0.39, 0.29) is 5.91 Å². The maximum atomic E-state index is 12.3. The summed E-state index contributed by atoms with van der Waals surface area (Å²) < 4.78 is 12.3. The van der Waals surface area contributed by atoms with E-state index in [0.717, 1.165) is 25.8 Å². The first kappa shape index (κ1) is 16.1. The molecule has 1 amide bonds. The minimum absolute atomic E-state index is 0.142. The third-order valence-electron chi connectivity index (χ3n) is 3.57. The molecule has 0 saturated carbocycles. The molecule has 1 heterocycles. The Balaban J connectivity index is 2.13. The molecule has 0 radical (unpaired) electrons. The van der Waals surface area contributed by atoms with Gasteiger partial charge in [0.15, 0.2) is 0 Å². The SMILES string of the molecule is COc1ccc(C=C2C(=O)Nc3c(Br)cc(Br)cc32)c(OC)c1. The van der Waals surface area contributed by atoms with Crippen molar-refractivity contribution in [2.75, 3.05) is 19.5 Å². The van der Waals surface area contributed by atoms with Gasteiger partial charge in [0.25, 0.3) is 5.91 Å². The molecule has 0 unspecified atom stereocenters. The second kappa shape index (κ2) is 6.37. The highest BCUT2D eigenvalue weighted by Crippen LogP contribution is 2.41. The average Bonchev–Trinajstić information content (AvgIpc) is 2.84. The molecule has 3 rings (SSSR count). The summed E-state index contributed by atoms with van der Waals surface area (Å²) in [6.45, 7) is 0. The zero-order chi connectivity index (χ0) is 16.6. The Morgan fingerprint density at radius 3 is 2.57 bits per heavy atom. The summed E-state index contributed by atoms with van der Waals surface area (Å²) in [5.41, 5.74) is 3.01. The topological polar surface area (TPSA) is 47.6 Å². The second-order valence-corrected chi connectivity index (χ2v) is 6.70. The highest BCUT2D eigenvalue weighted by molar-refractivity contribution is 9.11. The first-order chi connectivity index (χ1) is 11.0. The molecule has 0 saturated heterocycles. The van der Waals surface area contributed by atoms with Crippen LogP contribution in [0.1, 0.15) is 11.1 Å². The van der Waals surface area contributed by atoms with Gasteiger partial charge in [-0.15, -0.1) is 0 Å². The second-order valence-electron chi connectivity index (χ2n) is 4.93. The number of halogens is 2. The van der Waals surface area contributed by atoms with Crippen molar-refractivity contribution in [3.05, 3.63) is 50.4 Å². The van der Waals surface area contributed by atoms with Crippen molar-refractivity contribution in [3.8, 4) is 11.5 Å². The van der Waals surface area contributed by atoms with Crippen molar-refractivity contribution >= 4 is 55.1 Å². The monoisotopic (exact) mass is 437 g/mol. The van der Waals surface area contributed by atoms with Crippen molar-refractivity contribution in [1.82, 2.24) is 0 Å². The number of carbonyl (C=O) groups is 1. The van der Waals surface area contributed by atoms with Gasteiger partial charge in [-0.25, -0.2) is 0 Å². The van der Waals surface area contributed by atoms with Gasteiger partial charge in [0.2, 0.25) is 0 Å². The molecule has 4 nitrogen and oxygen atoms in total. The fourth-order valence-electron chi connectivity index (χ4n) is 2.45. The number of methoxy groups -OCH3 is 2. The lowest BCUT2D eigenvalue weighted by Gasteiger charge is -2.08. The number of carbonyl (C=O) groups excluding carboxylic acids is 1. The number of benzene rings is 2. The first-order valence-electron chi connectivity index (χ1n) is 6.78. The van der Waals surface area contributed by atoms with Crippen LogP contribution in [0.5, 0.6) is 11.5 Å². The van der Waals surface area contributed by atoms with Crippen LogP contribution < -0.4 is 14.8 Å². The molecule has 0 aromatic heterocycles. The summed E-state index contributed by atoms with van der Waals surface area (Å²) in [5, 5.41) is 2.88. The van der Waals surface area contributed by atoms with E-state index < -0.39 is 0 Å². The largest absolute Gasteiger partial charge is 0.497 e. The molecule has 1 aliphatic rings. The molecule has 2 aromatic rings. The van der Waals surface area contributed by atoms with Crippen LogP contribution in [0.4, 0.5) is 5.69 Å². The van der Waals surface area contributed by atoms with Gasteiger partial charge in [0.1, 0.15) is 11.5 Å². The van der Waals surface area contributed by atoms with E-state index in [1.165, 1.54) is 0 Å². The van der Waals surface area contributed by atoms with E-state index in [1.807, 2.05) is 30.3 Å². The highest BCUT2D eigenvalue weighted by Gasteiger charge is 2.26. The Kier molecular flexibility index (Phi) is 4.46. The van der Waals surface area contributed by atoms with Crippen molar-refractivity contribution < 1.29 is 14.3 Å². The third kappa shape index (κ3) is 3.01. The third-order valence-corrected chi connectivity index (χ3v) is 4.65. The molecule has 1 aliphatic heterocycles. The van der Waals surface area contributed by atoms with Crippen molar-refractivity contribution in [3.63, 3.8) is 0 Å². The summed E-state index contributed by atoms with van der Waals surface area (Å²) in [7, 11) is 3.19. The summed E-state index contributed by atoms with van der Waals surface area (Å²) in [6, 6.07) is 9.30. The molecular weight excluding hydrogens is 426 g/mol. The lowest BCUT2D eigenvalue weighted by Crippen LogP contribution is -2.04. The highest BCUT2D eigenvalue weighted by atomic mass is 79.9.